The summed E-state index contributed by atoms with van der Waals surface area (Å²) in [5, 5.41) is 10.1. The summed E-state index contributed by atoms with van der Waals surface area (Å²) in [6, 6.07) is 23.3. The van der Waals surface area contributed by atoms with Gasteiger partial charge in [-0.05, 0) is 40.6 Å². The highest BCUT2D eigenvalue weighted by atomic mass is 28.4. The molecular formula is C26H37NOSi. The van der Waals surface area contributed by atoms with Gasteiger partial charge in [-0.3, -0.25) is 0 Å². The number of nitrogens with zero attached hydrogens (tertiary/aromatic N) is 1. The van der Waals surface area contributed by atoms with Gasteiger partial charge in [-0.2, -0.15) is 5.26 Å². The van der Waals surface area contributed by atoms with Crippen LogP contribution in [-0.2, 0) is 10.8 Å². The highest BCUT2D eigenvalue weighted by Gasteiger charge is 2.47. The van der Waals surface area contributed by atoms with E-state index in [9.17, 15) is 5.26 Å². The molecule has 2 aromatic rings. The molecule has 2 unspecified atom stereocenters. The largest absolute Gasteiger partial charge is 0.411 e. The van der Waals surface area contributed by atoms with Crippen LogP contribution in [0.25, 0.3) is 0 Å². The third-order valence-electron chi connectivity index (χ3n) is 6.29. The zero-order chi connectivity index (χ0) is 21.4. The minimum atomic E-state index is -2.09. The first-order chi connectivity index (χ1) is 13.8. The lowest BCUT2D eigenvalue weighted by Gasteiger charge is -2.45. The van der Waals surface area contributed by atoms with Gasteiger partial charge in [0, 0.05) is 0 Å². The lowest BCUT2D eigenvalue weighted by Crippen LogP contribution is -2.51. The number of nitriles is 1. The Morgan fingerprint density at radius 2 is 1.28 bits per heavy atom. The molecule has 156 valence electrons. The average molecular weight is 408 g/mol. The van der Waals surface area contributed by atoms with E-state index in [1.54, 1.807) is 0 Å². The van der Waals surface area contributed by atoms with Crippen LogP contribution >= 0.6 is 0 Å². The van der Waals surface area contributed by atoms with E-state index in [-0.39, 0.29) is 12.0 Å². The molecule has 0 aromatic heterocycles. The number of aryl methyl sites for hydroxylation is 1. The number of hydrogen-bond acceptors (Lipinski definition) is 2. The fourth-order valence-corrected chi connectivity index (χ4v) is 10.5. The fraction of sp³-hybridized carbons (Fsp3) is 0.500. The Bertz CT molecular complexity index is 743. The third-order valence-corrected chi connectivity index (χ3v) is 12.4. The molecule has 0 radical (unpaired) electrons. The topological polar surface area (TPSA) is 33.0 Å². The average Bonchev–Trinajstić information content (AvgIpc) is 2.70. The summed E-state index contributed by atoms with van der Waals surface area (Å²) in [6.45, 7) is 13.9. The van der Waals surface area contributed by atoms with Crippen molar-refractivity contribution >= 4 is 8.32 Å². The van der Waals surface area contributed by atoms with Gasteiger partial charge in [-0.1, -0.05) is 102 Å². The monoisotopic (exact) mass is 407 g/mol. The normalized spacial score (nSPS) is 14.2. The number of rotatable bonds is 10. The minimum absolute atomic E-state index is 0.0959. The van der Waals surface area contributed by atoms with Crippen molar-refractivity contribution in [3.05, 3.63) is 71.8 Å². The Balaban J connectivity index is 2.40. The van der Waals surface area contributed by atoms with Crippen molar-refractivity contribution in [2.45, 2.75) is 83.0 Å². The number of hydrogen-bond donors (Lipinski definition) is 0. The lowest BCUT2D eigenvalue weighted by molar-refractivity contribution is 0.152. The summed E-state index contributed by atoms with van der Waals surface area (Å²) in [7, 11) is -2.09. The van der Waals surface area contributed by atoms with Crippen LogP contribution in [0.5, 0.6) is 0 Å². The first-order valence-electron chi connectivity index (χ1n) is 11.0. The maximum atomic E-state index is 10.1. The second-order valence-electron chi connectivity index (χ2n) is 9.02. The maximum absolute atomic E-state index is 10.1. The molecule has 0 amide bonds. The van der Waals surface area contributed by atoms with E-state index in [1.165, 1.54) is 5.56 Å². The van der Waals surface area contributed by atoms with E-state index < -0.39 is 8.32 Å². The van der Waals surface area contributed by atoms with Crippen molar-refractivity contribution in [2.24, 2.45) is 0 Å². The molecule has 0 N–H and O–H groups in total. The van der Waals surface area contributed by atoms with E-state index in [0.29, 0.717) is 16.6 Å². The van der Waals surface area contributed by atoms with Crippen molar-refractivity contribution in [1.82, 2.24) is 0 Å². The van der Waals surface area contributed by atoms with E-state index in [2.05, 4.69) is 84.0 Å². The Morgan fingerprint density at radius 1 is 0.793 bits per heavy atom. The van der Waals surface area contributed by atoms with Crippen LogP contribution in [-0.4, -0.2) is 14.4 Å². The van der Waals surface area contributed by atoms with Crippen molar-refractivity contribution < 1.29 is 4.43 Å². The highest BCUT2D eigenvalue weighted by molar-refractivity contribution is 6.77. The standard InChI is InChI=1S/C26H37NOSi/c1-20(2)29(21(3)4,22(5)6)28-26(18-17-23-13-9-7-10-14-23)25(19-27)24-15-11-8-12-16-24/h7-16,20-22,25-26H,17-18H2,1-6H3. The Hall–Kier alpha value is -1.89. The quantitative estimate of drug-likeness (QED) is 0.382. The van der Waals surface area contributed by atoms with Crippen molar-refractivity contribution in [3.8, 4) is 6.07 Å². The van der Waals surface area contributed by atoms with E-state index in [0.717, 1.165) is 18.4 Å². The molecule has 2 atom stereocenters. The first-order valence-corrected chi connectivity index (χ1v) is 13.1. The Morgan fingerprint density at radius 3 is 1.72 bits per heavy atom. The highest BCUT2D eigenvalue weighted by Crippen LogP contribution is 2.45. The van der Waals surface area contributed by atoms with Crippen molar-refractivity contribution in [1.29, 1.82) is 5.26 Å². The van der Waals surface area contributed by atoms with Gasteiger partial charge in [-0.25, -0.2) is 0 Å². The van der Waals surface area contributed by atoms with Crippen molar-refractivity contribution in [2.75, 3.05) is 0 Å². The van der Waals surface area contributed by atoms with Crippen LogP contribution in [0.1, 0.15) is 65.0 Å². The SMILES string of the molecule is CC(C)[Si](OC(CCc1ccccc1)C(C#N)c1ccccc1)(C(C)C)C(C)C. The number of benzene rings is 2. The van der Waals surface area contributed by atoms with Gasteiger partial charge in [0.25, 0.3) is 0 Å². The lowest BCUT2D eigenvalue weighted by atomic mass is 9.91. The molecule has 29 heavy (non-hydrogen) atoms. The van der Waals surface area contributed by atoms with Gasteiger partial charge in [0.2, 0.25) is 8.32 Å². The summed E-state index contributed by atoms with van der Waals surface area (Å²) >= 11 is 0. The van der Waals surface area contributed by atoms with E-state index in [1.807, 2.05) is 24.3 Å². The van der Waals surface area contributed by atoms with Crippen LogP contribution in [0.4, 0.5) is 0 Å². The van der Waals surface area contributed by atoms with E-state index in [4.69, 9.17) is 4.43 Å². The van der Waals surface area contributed by atoms with Crippen LogP contribution in [0.2, 0.25) is 16.6 Å². The molecule has 0 saturated heterocycles. The Labute approximate surface area is 179 Å². The molecule has 3 heteroatoms. The molecule has 0 aliphatic rings. The van der Waals surface area contributed by atoms with Gasteiger partial charge < -0.3 is 4.43 Å². The summed E-state index contributed by atoms with van der Waals surface area (Å²) in [5.74, 6) is -0.247. The molecular weight excluding hydrogens is 370 g/mol. The molecule has 0 spiro atoms. The molecule has 0 heterocycles. The molecule has 0 aliphatic heterocycles. The fourth-order valence-electron chi connectivity index (χ4n) is 4.95. The van der Waals surface area contributed by atoms with Gasteiger partial charge in [-0.15, -0.1) is 0 Å². The van der Waals surface area contributed by atoms with Crippen LogP contribution < -0.4 is 0 Å². The molecule has 2 nitrogen and oxygen atoms in total. The summed E-state index contributed by atoms with van der Waals surface area (Å²) in [6.07, 6.45) is 1.69. The molecule has 0 bridgehead atoms. The van der Waals surface area contributed by atoms with Gasteiger partial charge >= 0.3 is 0 Å². The maximum Gasteiger partial charge on any atom is 0.200 e. The second kappa shape index (κ2) is 10.8. The minimum Gasteiger partial charge on any atom is -0.411 e. The molecule has 0 fully saturated rings. The van der Waals surface area contributed by atoms with Gasteiger partial charge in [0.05, 0.1) is 18.1 Å². The summed E-state index contributed by atoms with van der Waals surface area (Å²) in [5.41, 5.74) is 3.86. The third kappa shape index (κ3) is 5.59. The van der Waals surface area contributed by atoms with Crippen molar-refractivity contribution in [3.63, 3.8) is 0 Å². The van der Waals surface area contributed by atoms with Crippen LogP contribution in [0.3, 0.4) is 0 Å². The van der Waals surface area contributed by atoms with Gasteiger partial charge in [0.1, 0.15) is 0 Å². The predicted molar refractivity (Wildman–Crippen MR) is 125 cm³/mol. The smallest absolute Gasteiger partial charge is 0.200 e. The molecule has 0 saturated carbocycles. The molecule has 0 aliphatic carbocycles. The zero-order valence-electron chi connectivity index (χ0n) is 18.9. The zero-order valence-corrected chi connectivity index (χ0v) is 19.9. The van der Waals surface area contributed by atoms with Gasteiger partial charge in [0.15, 0.2) is 0 Å². The Kier molecular flexibility index (Phi) is 8.68. The van der Waals surface area contributed by atoms with Crippen LogP contribution in [0, 0.1) is 11.3 Å². The first kappa shape index (κ1) is 23.4. The summed E-state index contributed by atoms with van der Waals surface area (Å²) < 4.78 is 7.17. The van der Waals surface area contributed by atoms with Crippen LogP contribution in [0.15, 0.2) is 60.7 Å². The predicted octanol–water partition coefficient (Wildman–Crippen LogP) is 7.49. The molecule has 2 rings (SSSR count). The van der Waals surface area contributed by atoms with E-state index >= 15 is 0 Å². The summed E-state index contributed by atoms with van der Waals surface area (Å²) in [4.78, 5) is 0. The molecule has 2 aromatic carbocycles. The second-order valence-corrected chi connectivity index (χ2v) is 14.4.